The van der Waals surface area contributed by atoms with Crippen LogP contribution in [-0.2, 0) is 4.79 Å². The van der Waals surface area contributed by atoms with E-state index in [0.29, 0.717) is 18.5 Å². The fourth-order valence-electron chi connectivity index (χ4n) is 1.68. The van der Waals surface area contributed by atoms with Gasteiger partial charge in [0, 0.05) is 32.2 Å². The summed E-state index contributed by atoms with van der Waals surface area (Å²) in [6, 6.07) is 0.462. The highest BCUT2D eigenvalue weighted by Gasteiger charge is 2.19. The largest absolute Gasteiger partial charge is 0.355 e. The Labute approximate surface area is 105 Å². The van der Waals surface area contributed by atoms with Crippen molar-refractivity contribution in [2.24, 2.45) is 5.92 Å². The summed E-state index contributed by atoms with van der Waals surface area (Å²) in [6.07, 6.45) is 0. The zero-order valence-corrected chi connectivity index (χ0v) is 11.3. The smallest absolute Gasteiger partial charge is 0.234 e. The van der Waals surface area contributed by atoms with Crippen LogP contribution in [0, 0.1) is 5.92 Å². The maximum Gasteiger partial charge on any atom is 0.234 e. The molecule has 1 heterocycles. The summed E-state index contributed by atoms with van der Waals surface area (Å²) in [5, 5.41) is 6.26. The monoisotopic (exact) mass is 249 g/mol. The van der Waals surface area contributed by atoms with E-state index in [1.54, 1.807) is 0 Å². The zero-order chi connectivity index (χ0) is 11.3. The zero-order valence-electron chi connectivity index (χ0n) is 10.5. The maximum absolute atomic E-state index is 11.6. The van der Waals surface area contributed by atoms with Crippen molar-refractivity contribution in [2.75, 3.05) is 32.7 Å². The number of carbonyl (C=O) groups excluding carboxylic acids is 1. The van der Waals surface area contributed by atoms with E-state index < -0.39 is 0 Å². The molecule has 4 nitrogen and oxygen atoms in total. The first-order valence-electron chi connectivity index (χ1n) is 5.81. The topological polar surface area (TPSA) is 44.4 Å². The van der Waals surface area contributed by atoms with Gasteiger partial charge < -0.3 is 10.6 Å². The molecule has 2 N–H and O–H groups in total. The molecule has 1 fully saturated rings. The van der Waals surface area contributed by atoms with E-state index in [1.807, 2.05) is 0 Å². The average Bonchev–Trinajstić information content (AvgIpc) is 2.18. The van der Waals surface area contributed by atoms with Crippen LogP contribution in [0.25, 0.3) is 0 Å². The fourth-order valence-corrected chi connectivity index (χ4v) is 1.68. The number of nitrogens with one attached hydrogen (secondary N) is 2. The first-order chi connectivity index (χ1) is 7.09. The van der Waals surface area contributed by atoms with Crippen LogP contribution in [0.3, 0.4) is 0 Å². The minimum Gasteiger partial charge on any atom is -0.355 e. The number of hydrogen-bond acceptors (Lipinski definition) is 3. The second kappa shape index (κ2) is 7.87. The van der Waals surface area contributed by atoms with E-state index in [9.17, 15) is 4.79 Å². The molecule has 16 heavy (non-hydrogen) atoms. The van der Waals surface area contributed by atoms with Gasteiger partial charge in [-0.05, 0) is 12.8 Å². The first kappa shape index (κ1) is 15.7. The van der Waals surface area contributed by atoms with Crippen molar-refractivity contribution in [1.82, 2.24) is 15.5 Å². The van der Waals surface area contributed by atoms with Crippen molar-refractivity contribution in [1.29, 1.82) is 0 Å². The lowest BCUT2D eigenvalue weighted by molar-refractivity contribution is -0.123. The van der Waals surface area contributed by atoms with Crippen LogP contribution >= 0.6 is 12.4 Å². The van der Waals surface area contributed by atoms with Crippen molar-refractivity contribution in [3.63, 3.8) is 0 Å². The Kier molecular flexibility index (Phi) is 7.72. The second-order valence-electron chi connectivity index (χ2n) is 4.72. The van der Waals surface area contributed by atoms with Crippen molar-refractivity contribution >= 4 is 18.3 Å². The van der Waals surface area contributed by atoms with Gasteiger partial charge >= 0.3 is 0 Å². The van der Waals surface area contributed by atoms with Gasteiger partial charge in [-0.2, -0.15) is 0 Å². The predicted octanol–water partition coefficient (Wildman–Crippen LogP) is 0.474. The van der Waals surface area contributed by atoms with Crippen LogP contribution in [0.1, 0.15) is 20.8 Å². The van der Waals surface area contributed by atoms with Gasteiger partial charge in [0.15, 0.2) is 0 Å². The van der Waals surface area contributed by atoms with Gasteiger partial charge in [0.05, 0.1) is 6.54 Å². The normalized spacial score (nSPS) is 21.6. The van der Waals surface area contributed by atoms with Crippen molar-refractivity contribution in [3.05, 3.63) is 0 Å². The molecule has 1 rings (SSSR count). The van der Waals surface area contributed by atoms with Crippen LogP contribution in [0.15, 0.2) is 0 Å². The Balaban J connectivity index is 0.00000225. The van der Waals surface area contributed by atoms with Crippen LogP contribution < -0.4 is 10.6 Å². The summed E-state index contributed by atoms with van der Waals surface area (Å²) in [5.74, 6) is 0.673. The number of amides is 1. The molecule has 0 aliphatic carbocycles. The van der Waals surface area contributed by atoms with Gasteiger partial charge in [-0.1, -0.05) is 13.8 Å². The van der Waals surface area contributed by atoms with Gasteiger partial charge in [0.2, 0.25) is 5.91 Å². The minimum absolute atomic E-state index is 0. The summed E-state index contributed by atoms with van der Waals surface area (Å²) < 4.78 is 0. The Morgan fingerprint density at radius 1 is 1.56 bits per heavy atom. The fraction of sp³-hybridized carbons (Fsp3) is 0.909. The molecular formula is C11H24ClN3O. The number of piperazine rings is 1. The Morgan fingerprint density at radius 2 is 2.25 bits per heavy atom. The van der Waals surface area contributed by atoms with E-state index in [0.717, 1.165) is 26.2 Å². The lowest BCUT2D eigenvalue weighted by Gasteiger charge is -2.33. The quantitative estimate of drug-likeness (QED) is 0.762. The summed E-state index contributed by atoms with van der Waals surface area (Å²) in [6.45, 7) is 10.6. The highest BCUT2D eigenvalue weighted by Crippen LogP contribution is 2.01. The Morgan fingerprint density at radius 3 is 2.81 bits per heavy atom. The maximum atomic E-state index is 11.6. The van der Waals surface area contributed by atoms with Crippen LogP contribution in [0.5, 0.6) is 0 Å². The highest BCUT2D eigenvalue weighted by atomic mass is 35.5. The first-order valence-corrected chi connectivity index (χ1v) is 5.81. The molecule has 1 amide bonds. The Hall–Kier alpha value is -0.320. The molecule has 0 aromatic carbocycles. The molecule has 0 aromatic heterocycles. The van der Waals surface area contributed by atoms with E-state index >= 15 is 0 Å². The number of carbonyl (C=O) groups is 1. The van der Waals surface area contributed by atoms with Gasteiger partial charge in [-0.15, -0.1) is 12.4 Å². The molecule has 1 saturated heterocycles. The van der Waals surface area contributed by atoms with Gasteiger partial charge in [-0.25, -0.2) is 0 Å². The lowest BCUT2D eigenvalue weighted by atomic mass is 10.2. The average molecular weight is 250 g/mol. The third-order valence-electron chi connectivity index (χ3n) is 2.69. The van der Waals surface area contributed by atoms with Gasteiger partial charge in [0.1, 0.15) is 0 Å². The predicted molar refractivity (Wildman–Crippen MR) is 69.0 cm³/mol. The number of nitrogens with zero attached hydrogens (tertiary/aromatic N) is 1. The molecule has 96 valence electrons. The molecule has 0 spiro atoms. The third kappa shape index (κ3) is 5.68. The molecule has 0 saturated carbocycles. The molecule has 1 aliphatic heterocycles. The van der Waals surface area contributed by atoms with Crippen molar-refractivity contribution < 1.29 is 4.79 Å². The minimum atomic E-state index is 0. The number of rotatable bonds is 4. The van der Waals surface area contributed by atoms with Gasteiger partial charge in [0.25, 0.3) is 0 Å². The molecule has 1 atom stereocenters. The number of halogens is 1. The molecule has 1 aliphatic rings. The van der Waals surface area contributed by atoms with Crippen LogP contribution in [-0.4, -0.2) is 49.6 Å². The summed E-state index contributed by atoms with van der Waals surface area (Å²) in [5.41, 5.74) is 0. The second-order valence-corrected chi connectivity index (χ2v) is 4.72. The van der Waals surface area contributed by atoms with Crippen LogP contribution in [0.2, 0.25) is 0 Å². The number of hydrogen-bond donors (Lipinski definition) is 2. The van der Waals surface area contributed by atoms with Gasteiger partial charge in [-0.3, -0.25) is 9.69 Å². The summed E-state index contributed by atoms with van der Waals surface area (Å²) >= 11 is 0. The van der Waals surface area contributed by atoms with E-state index in [4.69, 9.17) is 0 Å². The van der Waals surface area contributed by atoms with Crippen molar-refractivity contribution in [3.8, 4) is 0 Å². The third-order valence-corrected chi connectivity index (χ3v) is 2.69. The molecule has 5 heteroatoms. The summed E-state index contributed by atoms with van der Waals surface area (Å²) in [7, 11) is 0. The van der Waals surface area contributed by atoms with E-state index in [-0.39, 0.29) is 18.3 Å². The molecule has 0 bridgehead atoms. The standard InChI is InChI=1S/C11H23N3O.ClH/c1-9(2)6-13-11(15)8-14-5-4-12-7-10(14)3;/h9-10,12H,4-8H2,1-3H3,(H,13,15);1H/t10-;/m0./s1. The molecular weight excluding hydrogens is 226 g/mol. The molecule has 0 aromatic rings. The molecule has 0 unspecified atom stereocenters. The SMILES string of the molecule is CC(C)CNC(=O)CN1CCNC[C@@H]1C.Cl. The van der Waals surface area contributed by atoms with Crippen LogP contribution in [0.4, 0.5) is 0 Å². The Bertz CT molecular complexity index is 211. The van der Waals surface area contributed by atoms with Crippen molar-refractivity contribution in [2.45, 2.75) is 26.8 Å². The van der Waals surface area contributed by atoms with E-state index in [1.165, 1.54) is 0 Å². The lowest BCUT2D eigenvalue weighted by Crippen LogP contribution is -2.52. The highest BCUT2D eigenvalue weighted by molar-refractivity contribution is 5.85. The molecule has 0 radical (unpaired) electrons. The van der Waals surface area contributed by atoms with E-state index in [2.05, 4.69) is 36.3 Å². The summed E-state index contributed by atoms with van der Waals surface area (Å²) in [4.78, 5) is 13.8.